The molecule has 0 aromatic carbocycles. The molecule has 0 aromatic rings. The lowest BCUT2D eigenvalue weighted by Crippen LogP contribution is -2.27. The predicted octanol–water partition coefficient (Wildman–Crippen LogP) is 1.95. The summed E-state index contributed by atoms with van der Waals surface area (Å²) in [5.41, 5.74) is -0.780. The Morgan fingerprint density at radius 2 is 2.56 bits per heavy atom. The molecule has 0 saturated heterocycles. The summed E-state index contributed by atoms with van der Waals surface area (Å²) in [7, 11) is 0. The van der Waals surface area contributed by atoms with E-state index < -0.39 is 12.0 Å². The second-order valence-electron chi connectivity index (χ2n) is 3.09. The Labute approximate surface area is 59.9 Å². The van der Waals surface area contributed by atoms with Crippen molar-refractivity contribution >= 4 is 0 Å². The minimum absolute atomic E-state index is 0.137. The first-order valence-corrected chi connectivity index (χ1v) is 3.60. The van der Waals surface area contributed by atoms with E-state index in [4.69, 9.17) is 2.74 Å². The molecule has 1 aliphatic carbocycles. The molecule has 0 amide bonds. The van der Waals surface area contributed by atoms with Crippen LogP contribution < -0.4 is 0 Å². The van der Waals surface area contributed by atoms with E-state index in [1.165, 1.54) is 0 Å². The summed E-state index contributed by atoms with van der Waals surface area (Å²) in [4.78, 5) is 0. The molecular weight excluding hydrogens is 112 g/mol. The van der Waals surface area contributed by atoms with Crippen LogP contribution in [0.25, 0.3) is 0 Å². The van der Waals surface area contributed by atoms with E-state index in [1.54, 1.807) is 6.92 Å². The summed E-state index contributed by atoms with van der Waals surface area (Å²) >= 11 is 0. The SMILES string of the molecule is [2H]C1([2H])CC(CC)C(C)(O)C1. The maximum Gasteiger partial charge on any atom is 0.0647 e. The van der Waals surface area contributed by atoms with Gasteiger partial charge in [0.1, 0.15) is 0 Å². The fraction of sp³-hybridized carbons (Fsp3) is 1.00. The largest absolute Gasteiger partial charge is 0.390 e. The van der Waals surface area contributed by atoms with Crippen LogP contribution in [0.2, 0.25) is 0 Å². The fourth-order valence-electron chi connectivity index (χ4n) is 1.45. The smallest absolute Gasteiger partial charge is 0.0647 e. The van der Waals surface area contributed by atoms with Crippen molar-refractivity contribution in [2.75, 3.05) is 0 Å². The minimum Gasteiger partial charge on any atom is -0.390 e. The van der Waals surface area contributed by atoms with Crippen LogP contribution in [0, 0.1) is 5.92 Å². The van der Waals surface area contributed by atoms with Gasteiger partial charge >= 0.3 is 0 Å². The van der Waals surface area contributed by atoms with Gasteiger partial charge in [0.05, 0.1) is 5.60 Å². The van der Waals surface area contributed by atoms with E-state index in [1.807, 2.05) is 6.92 Å². The fourth-order valence-corrected chi connectivity index (χ4v) is 1.45. The monoisotopic (exact) mass is 130 g/mol. The number of rotatable bonds is 1. The molecule has 1 heteroatoms. The Balaban J connectivity index is 2.71. The van der Waals surface area contributed by atoms with Gasteiger partial charge < -0.3 is 5.11 Å². The van der Waals surface area contributed by atoms with E-state index in [-0.39, 0.29) is 5.92 Å². The molecule has 1 fully saturated rings. The van der Waals surface area contributed by atoms with E-state index >= 15 is 0 Å². The maximum absolute atomic E-state index is 9.75. The van der Waals surface area contributed by atoms with Crippen molar-refractivity contribution in [3.63, 3.8) is 0 Å². The van der Waals surface area contributed by atoms with Crippen LogP contribution in [0.15, 0.2) is 0 Å². The van der Waals surface area contributed by atoms with Gasteiger partial charge in [-0.2, -0.15) is 0 Å². The van der Waals surface area contributed by atoms with Gasteiger partial charge in [0.2, 0.25) is 0 Å². The minimum atomic E-state index is -1.15. The Kier molecular flexibility index (Phi) is 1.21. The van der Waals surface area contributed by atoms with Crippen molar-refractivity contribution in [2.45, 2.75) is 45.1 Å². The summed E-state index contributed by atoms with van der Waals surface area (Å²) in [5.74, 6) is 0.137. The van der Waals surface area contributed by atoms with Crippen LogP contribution in [0.5, 0.6) is 0 Å². The van der Waals surface area contributed by atoms with Crippen molar-refractivity contribution in [3.8, 4) is 0 Å². The van der Waals surface area contributed by atoms with Gasteiger partial charge in [-0.1, -0.05) is 19.7 Å². The summed E-state index contributed by atoms with van der Waals surface area (Å²) in [6, 6.07) is 0. The van der Waals surface area contributed by atoms with Crippen LogP contribution >= 0.6 is 0 Å². The summed E-state index contributed by atoms with van der Waals surface area (Å²) in [5, 5.41) is 9.75. The molecule has 2 atom stereocenters. The molecule has 1 saturated carbocycles. The quantitative estimate of drug-likeness (QED) is 0.575. The molecule has 54 valence electrons. The molecule has 0 spiro atoms. The molecule has 0 aliphatic heterocycles. The number of aliphatic hydroxyl groups is 1. The second kappa shape index (κ2) is 2.30. The van der Waals surface area contributed by atoms with Crippen LogP contribution in [0.4, 0.5) is 0 Å². The second-order valence-corrected chi connectivity index (χ2v) is 3.09. The van der Waals surface area contributed by atoms with Crippen LogP contribution in [-0.4, -0.2) is 10.7 Å². The predicted molar refractivity (Wildman–Crippen MR) is 38.3 cm³/mol. The van der Waals surface area contributed by atoms with Crippen LogP contribution in [0.3, 0.4) is 0 Å². The topological polar surface area (TPSA) is 20.2 Å². The molecule has 2 unspecified atom stereocenters. The molecular formula is C8H16O. The van der Waals surface area contributed by atoms with E-state index in [0.29, 0.717) is 12.8 Å². The first kappa shape index (κ1) is 4.73. The Bertz CT molecular complexity index is 154. The van der Waals surface area contributed by atoms with Crippen molar-refractivity contribution < 1.29 is 7.85 Å². The van der Waals surface area contributed by atoms with E-state index in [9.17, 15) is 5.11 Å². The zero-order valence-corrected chi connectivity index (χ0v) is 6.15. The van der Waals surface area contributed by atoms with Gasteiger partial charge in [-0.15, -0.1) is 0 Å². The summed E-state index contributed by atoms with van der Waals surface area (Å²) in [6.45, 7) is 3.74. The maximum atomic E-state index is 9.75. The average molecular weight is 130 g/mol. The first-order valence-electron chi connectivity index (χ1n) is 4.60. The number of hydrogen-bond donors (Lipinski definition) is 1. The van der Waals surface area contributed by atoms with Crippen molar-refractivity contribution in [3.05, 3.63) is 0 Å². The highest BCUT2D eigenvalue weighted by Gasteiger charge is 2.34. The summed E-state index contributed by atoms with van der Waals surface area (Å²) in [6.07, 6.45) is 0.520. The standard InChI is InChI=1S/C8H16O/c1-3-7-5-4-6-8(7,2)9/h7,9H,3-6H2,1-2H3/i4D2. The molecule has 1 aliphatic rings. The normalized spacial score (nSPS) is 52.6. The van der Waals surface area contributed by atoms with E-state index in [0.717, 1.165) is 6.42 Å². The van der Waals surface area contributed by atoms with Crippen LogP contribution in [0.1, 0.15) is 42.2 Å². The molecule has 1 rings (SSSR count). The molecule has 9 heavy (non-hydrogen) atoms. The molecule has 0 heterocycles. The van der Waals surface area contributed by atoms with Crippen molar-refractivity contribution in [1.82, 2.24) is 0 Å². The summed E-state index contributed by atoms with van der Waals surface area (Å²) < 4.78 is 15.0. The lowest BCUT2D eigenvalue weighted by molar-refractivity contribution is 0.0199. The Morgan fingerprint density at radius 1 is 1.89 bits per heavy atom. The van der Waals surface area contributed by atoms with Gasteiger partial charge in [-0.05, 0) is 25.7 Å². The molecule has 0 radical (unpaired) electrons. The first-order chi connectivity index (χ1) is 4.87. The highest BCUT2D eigenvalue weighted by molar-refractivity contribution is 4.87. The highest BCUT2D eigenvalue weighted by atomic mass is 16.3. The highest BCUT2D eigenvalue weighted by Crippen LogP contribution is 2.36. The molecule has 0 aromatic heterocycles. The number of hydrogen-bond acceptors (Lipinski definition) is 1. The Morgan fingerprint density at radius 3 is 2.78 bits per heavy atom. The van der Waals surface area contributed by atoms with Crippen molar-refractivity contribution in [2.24, 2.45) is 5.92 Å². The molecule has 1 nitrogen and oxygen atoms in total. The lowest BCUT2D eigenvalue weighted by Gasteiger charge is -2.23. The van der Waals surface area contributed by atoms with Gasteiger partial charge in [0.25, 0.3) is 0 Å². The third-order valence-corrected chi connectivity index (χ3v) is 2.25. The average Bonchev–Trinajstić information content (AvgIpc) is 1.99. The third kappa shape index (κ3) is 1.26. The molecule has 0 bridgehead atoms. The van der Waals surface area contributed by atoms with Crippen LogP contribution in [-0.2, 0) is 0 Å². The zero-order chi connectivity index (χ0) is 8.70. The molecule has 1 N–H and O–H groups in total. The lowest BCUT2D eigenvalue weighted by atomic mass is 9.91. The third-order valence-electron chi connectivity index (χ3n) is 2.25. The Hall–Kier alpha value is -0.0400. The van der Waals surface area contributed by atoms with Crippen molar-refractivity contribution in [1.29, 1.82) is 0 Å². The van der Waals surface area contributed by atoms with Gasteiger partial charge in [0, 0.05) is 2.74 Å². The van der Waals surface area contributed by atoms with Gasteiger partial charge in [-0.3, -0.25) is 0 Å². The van der Waals surface area contributed by atoms with Gasteiger partial charge in [0.15, 0.2) is 0 Å². The zero-order valence-electron chi connectivity index (χ0n) is 8.15. The van der Waals surface area contributed by atoms with E-state index in [2.05, 4.69) is 0 Å². The van der Waals surface area contributed by atoms with Gasteiger partial charge in [-0.25, -0.2) is 0 Å².